The molecule has 11 heavy (non-hydrogen) atoms. The fourth-order valence-electron chi connectivity index (χ4n) is 0.877. The topological polar surface area (TPSA) is 26.0 Å². The lowest BCUT2D eigenvalue weighted by molar-refractivity contribution is 0.745. The van der Waals surface area contributed by atoms with E-state index < -0.39 is 0 Å². The van der Waals surface area contributed by atoms with E-state index in [0.29, 0.717) is 0 Å². The third-order valence-electron chi connectivity index (χ3n) is 1.47. The molecule has 1 atom stereocenters. The highest BCUT2D eigenvalue weighted by Gasteiger charge is 2.08. The van der Waals surface area contributed by atoms with E-state index in [1.165, 1.54) is 11.3 Å². The van der Waals surface area contributed by atoms with Gasteiger partial charge in [0.15, 0.2) is 0 Å². The van der Waals surface area contributed by atoms with Gasteiger partial charge < -0.3 is 5.73 Å². The van der Waals surface area contributed by atoms with Crippen LogP contribution in [0.5, 0.6) is 0 Å². The first-order valence-corrected chi connectivity index (χ1v) is 4.61. The SMILES string of the molecule is C=CC[C@H](N)c1ccsc1Cl. The van der Waals surface area contributed by atoms with Crippen LogP contribution in [0.2, 0.25) is 4.34 Å². The summed E-state index contributed by atoms with van der Waals surface area (Å²) in [6.07, 6.45) is 2.58. The molecule has 0 saturated carbocycles. The van der Waals surface area contributed by atoms with Crippen LogP contribution in [0.25, 0.3) is 0 Å². The molecule has 1 aromatic rings. The van der Waals surface area contributed by atoms with Crippen molar-refractivity contribution in [2.24, 2.45) is 5.73 Å². The third kappa shape index (κ3) is 2.06. The Morgan fingerprint density at radius 3 is 3.00 bits per heavy atom. The molecule has 2 N–H and O–H groups in total. The normalized spacial score (nSPS) is 12.9. The zero-order valence-corrected chi connectivity index (χ0v) is 7.66. The Labute approximate surface area is 75.5 Å². The molecule has 0 saturated heterocycles. The Morgan fingerprint density at radius 1 is 1.82 bits per heavy atom. The molecule has 0 radical (unpaired) electrons. The van der Waals surface area contributed by atoms with E-state index in [9.17, 15) is 0 Å². The van der Waals surface area contributed by atoms with Gasteiger partial charge in [-0.3, -0.25) is 0 Å². The molecule has 0 fully saturated rings. The summed E-state index contributed by atoms with van der Waals surface area (Å²) < 4.78 is 0.791. The van der Waals surface area contributed by atoms with E-state index in [-0.39, 0.29) is 6.04 Å². The van der Waals surface area contributed by atoms with E-state index in [1.807, 2.05) is 11.4 Å². The summed E-state index contributed by atoms with van der Waals surface area (Å²) in [6, 6.07) is 1.97. The highest BCUT2D eigenvalue weighted by Crippen LogP contribution is 2.28. The Morgan fingerprint density at radius 2 is 2.55 bits per heavy atom. The molecule has 60 valence electrons. The molecule has 1 rings (SSSR count). The minimum absolute atomic E-state index is 0.00579. The molecule has 0 bridgehead atoms. The first-order valence-electron chi connectivity index (χ1n) is 3.35. The number of rotatable bonds is 3. The minimum atomic E-state index is 0.00579. The summed E-state index contributed by atoms with van der Waals surface area (Å²) in [6.45, 7) is 3.62. The van der Waals surface area contributed by atoms with Crippen molar-refractivity contribution in [3.63, 3.8) is 0 Å². The lowest BCUT2D eigenvalue weighted by atomic mass is 10.1. The Kier molecular flexibility index (Phi) is 3.12. The van der Waals surface area contributed by atoms with E-state index in [4.69, 9.17) is 17.3 Å². The van der Waals surface area contributed by atoms with Gasteiger partial charge in [0.05, 0.1) is 4.34 Å². The summed E-state index contributed by atoms with van der Waals surface area (Å²) in [5.74, 6) is 0. The lowest BCUT2D eigenvalue weighted by Crippen LogP contribution is -2.07. The van der Waals surface area contributed by atoms with Crippen LogP contribution in [0.1, 0.15) is 18.0 Å². The van der Waals surface area contributed by atoms with E-state index in [2.05, 4.69) is 6.58 Å². The van der Waals surface area contributed by atoms with Gasteiger partial charge in [0.1, 0.15) is 0 Å². The lowest BCUT2D eigenvalue weighted by Gasteiger charge is -2.06. The maximum Gasteiger partial charge on any atom is 0.0976 e. The highest BCUT2D eigenvalue weighted by molar-refractivity contribution is 7.14. The summed E-state index contributed by atoms with van der Waals surface area (Å²) in [4.78, 5) is 0. The van der Waals surface area contributed by atoms with Gasteiger partial charge in [-0.1, -0.05) is 17.7 Å². The second-order valence-electron chi connectivity index (χ2n) is 2.28. The molecular weight excluding hydrogens is 178 g/mol. The smallest absolute Gasteiger partial charge is 0.0976 e. The summed E-state index contributed by atoms with van der Waals surface area (Å²) in [5, 5.41) is 1.95. The highest BCUT2D eigenvalue weighted by atomic mass is 35.5. The molecule has 1 heterocycles. The largest absolute Gasteiger partial charge is 0.324 e. The van der Waals surface area contributed by atoms with Gasteiger partial charge >= 0.3 is 0 Å². The molecular formula is C8H10ClNS. The molecule has 0 aromatic carbocycles. The van der Waals surface area contributed by atoms with Crippen LogP contribution in [-0.4, -0.2) is 0 Å². The van der Waals surface area contributed by atoms with E-state index in [1.54, 1.807) is 6.08 Å². The van der Waals surface area contributed by atoms with Crippen molar-refractivity contribution in [3.8, 4) is 0 Å². The standard InChI is InChI=1S/C8H10ClNS/c1-2-3-7(10)6-4-5-11-8(6)9/h2,4-5,7H,1,3,10H2/t7-/m0/s1. The first kappa shape index (κ1) is 8.78. The van der Waals surface area contributed by atoms with Crippen LogP contribution in [0, 0.1) is 0 Å². The van der Waals surface area contributed by atoms with Crippen LogP contribution in [-0.2, 0) is 0 Å². The summed E-state index contributed by atoms with van der Waals surface area (Å²) in [5.41, 5.74) is 6.83. The molecule has 0 spiro atoms. The fraction of sp³-hybridized carbons (Fsp3) is 0.250. The Balaban J connectivity index is 2.74. The Bertz CT molecular complexity index is 244. The van der Waals surface area contributed by atoms with Gasteiger partial charge in [-0.2, -0.15) is 0 Å². The van der Waals surface area contributed by atoms with Crippen molar-refractivity contribution in [1.82, 2.24) is 0 Å². The predicted molar refractivity (Wildman–Crippen MR) is 51.1 cm³/mol. The zero-order valence-electron chi connectivity index (χ0n) is 6.09. The number of nitrogens with two attached hydrogens (primary N) is 1. The average molecular weight is 188 g/mol. The van der Waals surface area contributed by atoms with Crippen molar-refractivity contribution in [2.75, 3.05) is 0 Å². The molecule has 0 aliphatic heterocycles. The van der Waals surface area contributed by atoms with Crippen molar-refractivity contribution < 1.29 is 0 Å². The van der Waals surface area contributed by atoms with Crippen LogP contribution in [0.15, 0.2) is 24.1 Å². The minimum Gasteiger partial charge on any atom is -0.324 e. The van der Waals surface area contributed by atoms with Gasteiger partial charge in [-0.05, 0) is 23.4 Å². The van der Waals surface area contributed by atoms with Gasteiger partial charge in [-0.15, -0.1) is 17.9 Å². The van der Waals surface area contributed by atoms with Crippen molar-refractivity contribution >= 4 is 22.9 Å². The quantitative estimate of drug-likeness (QED) is 0.724. The van der Waals surface area contributed by atoms with Crippen LogP contribution < -0.4 is 5.73 Å². The van der Waals surface area contributed by atoms with E-state index in [0.717, 1.165) is 16.3 Å². The van der Waals surface area contributed by atoms with Crippen LogP contribution in [0.3, 0.4) is 0 Å². The van der Waals surface area contributed by atoms with Gasteiger partial charge in [0, 0.05) is 6.04 Å². The number of halogens is 1. The molecule has 3 heteroatoms. The maximum atomic E-state index is 5.87. The molecule has 1 aromatic heterocycles. The second kappa shape index (κ2) is 3.90. The molecule has 1 nitrogen and oxygen atoms in total. The van der Waals surface area contributed by atoms with Gasteiger partial charge in [-0.25, -0.2) is 0 Å². The molecule has 0 aliphatic carbocycles. The van der Waals surface area contributed by atoms with Crippen molar-refractivity contribution in [2.45, 2.75) is 12.5 Å². The fourth-order valence-corrected chi connectivity index (χ4v) is 1.92. The van der Waals surface area contributed by atoms with Gasteiger partial charge in [0.2, 0.25) is 0 Å². The third-order valence-corrected chi connectivity index (χ3v) is 2.67. The number of hydrogen-bond donors (Lipinski definition) is 1. The first-order chi connectivity index (χ1) is 5.25. The summed E-state index contributed by atoms with van der Waals surface area (Å²) in [7, 11) is 0. The van der Waals surface area contributed by atoms with E-state index >= 15 is 0 Å². The molecule has 0 amide bonds. The second-order valence-corrected chi connectivity index (χ2v) is 3.80. The zero-order chi connectivity index (χ0) is 8.27. The van der Waals surface area contributed by atoms with Crippen molar-refractivity contribution in [3.05, 3.63) is 34.0 Å². The number of hydrogen-bond acceptors (Lipinski definition) is 2. The number of thiophene rings is 1. The molecule has 0 unspecified atom stereocenters. The average Bonchev–Trinajstić information content (AvgIpc) is 2.36. The van der Waals surface area contributed by atoms with Gasteiger partial charge in [0.25, 0.3) is 0 Å². The van der Waals surface area contributed by atoms with Crippen molar-refractivity contribution in [1.29, 1.82) is 0 Å². The maximum absolute atomic E-state index is 5.87. The molecule has 0 aliphatic rings. The van der Waals surface area contributed by atoms with Crippen LogP contribution in [0.4, 0.5) is 0 Å². The monoisotopic (exact) mass is 187 g/mol. The summed E-state index contributed by atoms with van der Waals surface area (Å²) >= 11 is 7.38. The van der Waals surface area contributed by atoms with Crippen LogP contribution >= 0.6 is 22.9 Å². The Hall–Kier alpha value is -0.310. The predicted octanol–water partition coefficient (Wildman–Crippen LogP) is 2.98.